The van der Waals surface area contributed by atoms with Gasteiger partial charge >= 0.3 is 0 Å². The summed E-state index contributed by atoms with van der Waals surface area (Å²) in [5.74, 6) is -0.0726. The number of likely N-dealkylation sites (tertiary alicyclic amines) is 1. The normalized spacial score (nSPS) is 22.1. The van der Waals surface area contributed by atoms with Gasteiger partial charge in [0, 0.05) is 12.6 Å². The number of nitrogens with zero attached hydrogens (tertiary/aromatic N) is 1. The van der Waals surface area contributed by atoms with E-state index >= 15 is 0 Å². The van der Waals surface area contributed by atoms with Gasteiger partial charge in [-0.3, -0.25) is 9.59 Å². The number of amides is 2. The van der Waals surface area contributed by atoms with Crippen LogP contribution in [0, 0.1) is 5.92 Å². The van der Waals surface area contributed by atoms with Gasteiger partial charge in [0.15, 0.2) is 0 Å². The van der Waals surface area contributed by atoms with E-state index in [9.17, 15) is 9.59 Å². The molecule has 2 fully saturated rings. The maximum atomic E-state index is 13.1. The van der Waals surface area contributed by atoms with E-state index < -0.39 is 6.04 Å². The molecule has 1 saturated carbocycles. The second kappa shape index (κ2) is 7.53. The van der Waals surface area contributed by atoms with Gasteiger partial charge in [-0.15, -0.1) is 0 Å². The summed E-state index contributed by atoms with van der Waals surface area (Å²) in [6, 6.07) is 14.3. The Bertz CT molecular complexity index is 872. The van der Waals surface area contributed by atoms with E-state index in [-0.39, 0.29) is 23.8 Å². The summed E-state index contributed by atoms with van der Waals surface area (Å²) >= 11 is 12.2. The van der Waals surface area contributed by atoms with Crippen LogP contribution in [0.25, 0.3) is 0 Å². The first-order valence-corrected chi connectivity index (χ1v) is 9.90. The molecule has 27 heavy (non-hydrogen) atoms. The van der Waals surface area contributed by atoms with E-state index in [0.717, 1.165) is 24.8 Å². The fraction of sp³-hybridized carbons (Fsp3) is 0.333. The molecule has 1 heterocycles. The zero-order valence-electron chi connectivity index (χ0n) is 14.7. The molecule has 0 spiro atoms. The number of benzene rings is 2. The lowest BCUT2D eigenvalue weighted by atomic mass is 9.86. The summed E-state index contributed by atoms with van der Waals surface area (Å²) in [6.07, 6.45) is 2.89. The Morgan fingerprint density at radius 3 is 2.63 bits per heavy atom. The molecule has 1 aliphatic heterocycles. The molecular weight excluding hydrogens is 383 g/mol. The third kappa shape index (κ3) is 3.44. The molecule has 0 radical (unpaired) electrons. The highest BCUT2D eigenvalue weighted by atomic mass is 35.5. The zero-order chi connectivity index (χ0) is 19.0. The molecule has 2 aromatic rings. The summed E-state index contributed by atoms with van der Waals surface area (Å²) in [5, 5.41) is 3.78. The van der Waals surface area contributed by atoms with E-state index in [1.54, 1.807) is 23.1 Å². The van der Waals surface area contributed by atoms with Crippen LogP contribution < -0.4 is 5.32 Å². The van der Waals surface area contributed by atoms with Crippen LogP contribution in [0.1, 0.15) is 36.4 Å². The maximum absolute atomic E-state index is 13.1. The van der Waals surface area contributed by atoms with Gasteiger partial charge in [-0.1, -0.05) is 66.0 Å². The van der Waals surface area contributed by atoms with Gasteiger partial charge in [0.25, 0.3) is 0 Å². The van der Waals surface area contributed by atoms with Gasteiger partial charge in [0.1, 0.15) is 6.04 Å². The maximum Gasteiger partial charge on any atom is 0.247 e. The summed E-state index contributed by atoms with van der Waals surface area (Å²) in [7, 11) is 0. The Kier molecular flexibility index (Phi) is 5.11. The number of fused-ring (bicyclic) bond motifs is 1. The SMILES string of the molecule is O=C(NCc1ccccc1)C(c1ccc(Cl)c(Cl)c1)N1C(=O)[C@@H]2CCC[C@@H]21. The summed E-state index contributed by atoms with van der Waals surface area (Å²) in [6.45, 7) is 0.410. The fourth-order valence-electron chi connectivity index (χ4n) is 4.16. The molecular formula is C21H20Cl2N2O2. The molecule has 3 atom stereocenters. The molecule has 6 heteroatoms. The molecule has 0 bridgehead atoms. The minimum atomic E-state index is -0.685. The Morgan fingerprint density at radius 2 is 1.89 bits per heavy atom. The van der Waals surface area contributed by atoms with Crippen molar-refractivity contribution >= 4 is 35.0 Å². The topological polar surface area (TPSA) is 49.4 Å². The van der Waals surface area contributed by atoms with E-state index in [1.807, 2.05) is 30.3 Å². The molecule has 2 aliphatic rings. The molecule has 4 rings (SSSR count). The third-order valence-corrected chi connectivity index (χ3v) is 6.24. The third-order valence-electron chi connectivity index (χ3n) is 5.50. The minimum absolute atomic E-state index is 0.0587. The molecule has 2 amide bonds. The van der Waals surface area contributed by atoms with Gasteiger partial charge in [-0.2, -0.15) is 0 Å². The van der Waals surface area contributed by atoms with E-state index in [0.29, 0.717) is 22.2 Å². The smallest absolute Gasteiger partial charge is 0.247 e. The lowest BCUT2D eigenvalue weighted by Crippen LogP contribution is -2.61. The summed E-state index contributed by atoms with van der Waals surface area (Å²) < 4.78 is 0. The molecule has 4 nitrogen and oxygen atoms in total. The minimum Gasteiger partial charge on any atom is -0.350 e. The number of hydrogen-bond acceptors (Lipinski definition) is 2. The van der Waals surface area contributed by atoms with Gasteiger partial charge in [-0.05, 0) is 36.1 Å². The number of nitrogens with one attached hydrogen (secondary N) is 1. The monoisotopic (exact) mass is 402 g/mol. The Balaban J connectivity index is 1.60. The van der Waals surface area contributed by atoms with Crippen molar-refractivity contribution in [1.29, 1.82) is 0 Å². The van der Waals surface area contributed by atoms with Crippen molar-refractivity contribution in [2.24, 2.45) is 5.92 Å². The highest BCUT2D eigenvalue weighted by molar-refractivity contribution is 6.42. The molecule has 2 aromatic carbocycles. The largest absolute Gasteiger partial charge is 0.350 e. The second-order valence-electron chi connectivity index (χ2n) is 7.13. The van der Waals surface area contributed by atoms with Gasteiger partial charge < -0.3 is 10.2 Å². The van der Waals surface area contributed by atoms with Crippen LogP contribution in [0.2, 0.25) is 10.0 Å². The standard InChI is InChI=1S/C21H20Cl2N2O2/c22-16-10-9-14(11-17(16)23)19(25-18-8-4-7-15(18)21(25)27)20(26)24-12-13-5-2-1-3-6-13/h1-3,5-6,9-11,15,18-19H,4,7-8,12H2,(H,24,26)/t15-,18+,19?/m1/s1. The predicted molar refractivity (Wildman–Crippen MR) is 105 cm³/mol. The fourth-order valence-corrected chi connectivity index (χ4v) is 4.46. The molecule has 1 aliphatic carbocycles. The summed E-state index contributed by atoms with van der Waals surface area (Å²) in [5.41, 5.74) is 1.70. The Labute approximate surface area is 168 Å². The number of carbonyl (C=O) groups is 2. The number of carbonyl (C=O) groups excluding carboxylic acids is 2. The molecule has 0 aromatic heterocycles. The molecule has 1 unspecified atom stereocenters. The molecule has 140 valence electrons. The molecule has 1 N–H and O–H groups in total. The Morgan fingerprint density at radius 1 is 1.11 bits per heavy atom. The highest BCUT2D eigenvalue weighted by Crippen LogP contribution is 2.45. The number of halogens is 2. The first-order valence-electron chi connectivity index (χ1n) is 9.15. The van der Waals surface area contributed by atoms with Crippen LogP contribution in [-0.2, 0) is 16.1 Å². The van der Waals surface area contributed by atoms with Crippen molar-refractivity contribution in [3.8, 4) is 0 Å². The first kappa shape index (κ1) is 18.3. The number of rotatable bonds is 5. The van der Waals surface area contributed by atoms with Crippen molar-refractivity contribution < 1.29 is 9.59 Å². The van der Waals surface area contributed by atoms with E-state index in [1.165, 1.54) is 0 Å². The van der Waals surface area contributed by atoms with Crippen LogP contribution in [0.4, 0.5) is 0 Å². The van der Waals surface area contributed by atoms with Gasteiger partial charge in [0.2, 0.25) is 11.8 Å². The van der Waals surface area contributed by atoms with Crippen molar-refractivity contribution in [2.45, 2.75) is 37.9 Å². The van der Waals surface area contributed by atoms with Crippen molar-refractivity contribution in [3.63, 3.8) is 0 Å². The van der Waals surface area contributed by atoms with Crippen molar-refractivity contribution in [3.05, 3.63) is 69.7 Å². The number of hydrogen-bond donors (Lipinski definition) is 1. The van der Waals surface area contributed by atoms with E-state index in [4.69, 9.17) is 23.2 Å². The van der Waals surface area contributed by atoms with Crippen LogP contribution in [-0.4, -0.2) is 22.8 Å². The Hall–Kier alpha value is -2.04. The lowest BCUT2D eigenvalue weighted by molar-refractivity contribution is -0.162. The predicted octanol–water partition coefficient (Wildman–Crippen LogP) is 4.36. The van der Waals surface area contributed by atoms with Crippen molar-refractivity contribution in [2.75, 3.05) is 0 Å². The van der Waals surface area contributed by atoms with Crippen LogP contribution >= 0.6 is 23.2 Å². The molecule has 1 saturated heterocycles. The average Bonchev–Trinajstić information content (AvgIpc) is 3.11. The van der Waals surface area contributed by atoms with Gasteiger partial charge in [-0.25, -0.2) is 0 Å². The van der Waals surface area contributed by atoms with Crippen molar-refractivity contribution in [1.82, 2.24) is 10.2 Å². The highest BCUT2D eigenvalue weighted by Gasteiger charge is 2.54. The van der Waals surface area contributed by atoms with E-state index in [2.05, 4.69) is 5.32 Å². The van der Waals surface area contributed by atoms with Crippen LogP contribution in [0.5, 0.6) is 0 Å². The average molecular weight is 403 g/mol. The zero-order valence-corrected chi connectivity index (χ0v) is 16.2. The van der Waals surface area contributed by atoms with Crippen LogP contribution in [0.15, 0.2) is 48.5 Å². The van der Waals surface area contributed by atoms with Gasteiger partial charge in [0.05, 0.1) is 16.0 Å². The second-order valence-corrected chi connectivity index (χ2v) is 7.94. The summed E-state index contributed by atoms with van der Waals surface area (Å²) in [4.78, 5) is 27.5. The van der Waals surface area contributed by atoms with Crippen LogP contribution in [0.3, 0.4) is 0 Å². The first-order chi connectivity index (χ1) is 13.1. The lowest BCUT2D eigenvalue weighted by Gasteiger charge is -2.47. The number of β-lactam (4-membered cyclic amide) rings is 1. The quantitative estimate of drug-likeness (QED) is 0.755.